The number of aryl methyl sites for hydroxylation is 2. The van der Waals surface area contributed by atoms with E-state index >= 15 is 0 Å². The second-order valence-corrected chi connectivity index (χ2v) is 10.7. The summed E-state index contributed by atoms with van der Waals surface area (Å²) in [5.74, 6) is -1.78. The van der Waals surface area contributed by atoms with Gasteiger partial charge in [-0.15, -0.1) is 0 Å². The number of allylic oxidation sites excluding steroid dienone is 4. The Morgan fingerprint density at radius 2 is 1.07 bits per heavy atom. The third-order valence-corrected chi connectivity index (χ3v) is 8.22. The molecule has 0 aliphatic carbocycles. The standard InChI is InChI=1S/C34H34N4O4.Gd/c1-7-21-17(3)25-13-26-19(5)23(9-11-33(39)40)31(37-26)16-32-24(10-12-34(41)42)20(6)28(38-32)15-30-22(8-2)18(4)27(36-30)14-29(21)35-25;/h7-8,13-16,35-36H,1-2,9-12H2,3-6H3,(H,39,40)(H,41,42);/q;+3. The maximum atomic E-state index is 11.5. The quantitative estimate of drug-likeness (QED) is 0.188. The van der Waals surface area contributed by atoms with Crippen molar-refractivity contribution < 1.29 is 59.7 Å². The molecule has 0 spiro atoms. The zero-order chi connectivity index (χ0) is 30.3. The van der Waals surface area contributed by atoms with Crippen molar-refractivity contribution in [1.29, 1.82) is 0 Å². The van der Waals surface area contributed by atoms with Crippen molar-refractivity contribution in [2.24, 2.45) is 0 Å². The van der Waals surface area contributed by atoms with Gasteiger partial charge in [0.1, 0.15) is 0 Å². The van der Waals surface area contributed by atoms with Crippen LogP contribution in [0, 0.1) is 53.8 Å². The van der Waals surface area contributed by atoms with Crippen molar-refractivity contribution in [2.45, 2.75) is 53.4 Å². The van der Waals surface area contributed by atoms with Crippen molar-refractivity contribution in [3.63, 3.8) is 0 Å². The van der Waals surface area contributed by atoms with Crippen LogP contribution in [0.5, 0.6) is 0 Å². The second-order valence-electron chi connectivity index (χ2n) is 10.7. The van der Waals surface area contributed by atoms with E-state index in [9.17, 15) is 19.8 Å². The third kappa shape index (κ3) is 6.21. The Labute approximate surface area is 282 Å². The molecule has 43 heavy (non-hydrogen) atoms. The molecular weight excluding hydrogens is 686 g/mol. The predicted octanol–water partition coefficient (Wildman–Crippen LogP) is 7.81. The minimum absolute atomic E-state index is 0. The minimum Gasteiger partial charge on any atom is -0.481 e. The number of carboxylic acids is 2. The van der Waals surface area contributed by atoms with Gasteiger partial charge < -0.3 is 20.2 Å². The van der Waals surface area contributed by atoms with Crippen molar-refractivity contribution in [2.75, 3.05) is 0 Å². The van der Waals surface area contributed by atoms with Crippen molar-refractivity contribution in [3.05, 3.63) is 82.5 Å². The summed E-state index contributed by atoms with van der Waals surface area (Å²) in [7, 11) is 0. The summed E-state index contributed by atoms with van der Waals surface area (Å²) in [6.45, 7) is 16.1. The first-order valence-electron chi connectivity index (χ1n) is 13.9. The van der Waals surface area contributed by atoms with Gasteiger partial charge in [-0.25, -0.2) is 9.97 Å². The molecule has 8 bridgehead atoms. The van der Waals surface area contributed by atoms with Crippen LogP contribution in [-0.4, -0.2) is 42.1 Å². The van der Waals surface area contributed by atoms with Crippen LogP contribution in [0.2, 0.25) is 0 Å². The zero-order valence-electron chi connectivity index (χ0n) is 24.7. The smallest absolute Gasteiger partial charge is 0.481 e. The van der Waals surface area contributed by atoms with Gasteiger partial charge in [0.2, 0.25) is 0 Å². The number of fused-ring (bicyclic) bond motifs is 8. The van der Waals surface area contributed by atoms with E-state index in [1.54, 1.807) is 0 Å². The first kappa shape index (κ1) is 32.3. The summed E-state index contributed by atoms with van der Waals surface area (Å²) in [5.41, 5.74) is 13.7. The van der Waals surface area contributed by atoms with Gasteiger partial charge in [0.05, 0.1) is 22.8 Å². The third-order valence-electron chi connectivity index (χ3n) is 8.22. The molecule has 5 heterocycles. The number of aliphatic carboxylic acids is 2. The number of hydrogen-bond donors (Lipinski definition) is 4. The van der Waals surface area contributed by atoms with Gasteiger partial charge in [-0.2, -0.15) is 0 Å². The Balaban J connectivity index is 0.00000423. The fourth-order valence-electron chi connectivity index (χ4n) is 5.77. The number of rotatable bonds is 8. The van der Waals surface area contributed by atoms with Crippen LogP contribution in [0.3, 0.4) is 0 Å². The molecule has 8 nitrogen and oxygen atoms in total. The molecule has 219 valence electrons. The van der Waals surface area contributed by atoms with Crippen LogP contribution in [0.1, 0.15) is 84.6 Å². The van der Waals surface area contributed by atoms with Gasteiger partial charge in [-0.1, -0.05) is 25.3 Å². The number of aromatic amines is 2. The van der Waals surface area contributed by atoms with E-state index in [4.69, 9.17) is 9.97 Å². The van der Waals surface area contributed by atoms with E-state index in [1.807, 2.05) is 58.0 Å². The van der Waals surface area contributed by atoms with Crippen molar-refractivity contribution >= 4 is 68.4 Å². The van der Waals surface area contributed by atoms with Gasteiger partial charge in [0, 0.05) is 46.0 Å². The molecule has 0 atom stereocenters. The van der Waals surface area contributed by atoms with Gasteiger partial charge in [0.15, 0.2) is 0 Å². The molecular formula is C34H34GdN4O4+3. The summed E-state index contributed by atoms with van der Waals surface area (Å²) in [6.07, 6.45) is 4.20. The summed E-state index contributed by atoms with van der Waals surface area (Å²) < 4.78 is 0. The summed E-state index contributed by atoms with van der Waals surface area (Å²) >= 11 is 0. The minimum atomic E-state index is -0.889. The van der Waals surface area contributed by atoms with Gasteiger partial charge in [-0.05, 0) is 98.2 Å². The first-order valence-corrected chi connectivity index (χ1v) is 13.9. The fraction of sp³-hybridized carbons (Fsp3) is 0.235. The van der Waals surface area contributed by atoms with Crippen molar-refractivity contribution in [3.8, 4) is 0 Å². The molecule has 3 aromatic rings. The molecule has 0 saturated carbocycles. The number of carbonyl (C=O) groups is 2. The number of nitrogens with one attached hydrogen (secondary N) is 2. The van der Waals surface area contributed by atoms with Crippen LogP contribution < -0.4 is 0 Å². The van der Waals surface area contributed by atoms with Gasteiger partial charge in [0.25, 0.3) is 0 Å². The molecule has 5 rings (SSSR count). The van der Waals surface area contributed by atoms with E-state index in [0.29, 0.717) is 24.2 Å². The number of carboxylic acid groups (broad SMARTS) is 2. The summed E-state index contributed by atoms with van der Waals surface area (Å²) in [4.78, 5) is 40.0. The molecule has 4 N–H and O–H groups in total. The van der Waals surface area contributed by atoms with E-state index in [2.05, 4.69) is 29.2 Å². The maximum absolute atomic E-state index is 11.5. The summed E-state index contributed by atoms with van der Waals surface area (Å²) in [6, 6.07) is 7.88. The Kier molecular flexibility index (Phi) is 9.69. The first-order chi connectivity index (χ1) is 20.0. The predicted molar refractivity (Wildman–Crippen MR) is 169 cm³/mol. The molecule has 0 saturated heterocycles. The Hall–Kier alpha value is -3.66. The van der Waals surface area contributed by atoms with Gasteiger partial charge >= 0.3 is 51.9 Å². The number of hydrogen-bond acceptors (Lipinski definition) is 4. The zero-order valence-corrected chi connectivity index (χ0v) is 26.9. The normalized spacial score (nSPS) is 12.7. The number of nitrogens with zero attached hydrogens (tertiary/aromatic N) is 2. The van der Waals surface area contributed by atoms with Crippen molar-refractivity contribution in [1.82, 2.24) is 19.9 Å². The molecule has 2 aliphatic rings. The van der Waals surface area contributed by atoms with Gasteiger partial charge in [-0.3, -0.25) is 9.59 Å². The maximum Gasteiger partial charge on any atom is 3.00 e. The topological polar surface area (TPSA) is 132 Å². The Morgan fingerprint density at radius 3 is 1.49 bits per heavy atom. The van der Waals surface area contributed by atoms with E-state index in [-0.39, 0.29) is 52.8 Å². The second kappa shape index (κ2) is 12.9. The molecule has 0 fully saturated rings. The number of aromatic nitrogens is 4. The average Bonchev–Trinajstić information content (AvgIpc) is 3.59. The monoisotopic (exact) mass is 720 g/mol. The molecule has 9 heteroatoms. The van der Waals surface area contributed by atoms with E-state index in [1.165, 1.54) is 0 Å². The average molecular weight is 720 g/mol. The van der Waals surface area contributed by atoms with Crippen LogP contribution in [0.25, 0.3) is 56.5 Å². The van der Waals surface area contributed by atoms with E-state index in [0.717, 1.165) is 78.0 Å². The molecule has 2 aliphatic heterocycles. The molecule has 0 aromatic carbocycles. The van der Waals surface area contributed by atoms with Crippen LogP contribution in [0.15, 0.2) is 37.4 Å². The molecule has 1 radical (unpaired) electrons. The molecule has 0 unspecified atom stereocenters. The molecule has 0 amide bonds. The molecule has 3 aromatic heterocycles. The summed E-state index contributed by atoms with van der Waals surface area (Å²) in [5, 5.41) is 18.9. The number of H-pyrrole nitrogens is 2. The largest absolute Gasteiger partial charge is 3.00 e. The van der Waals surface area contributed by atoms with Crippen LogP contribution in [0.4, 0.5) is 0 Å². The Morgan fingerprint density at radius 1 is 0.674 bits per heavy atom. The van der Waals surface area contributed by atoms with Crippen LogP contribution in [-0.2, 0) is 9.59 Å². The SMILES string of the molecule is C=Cc1c(C)c2cc3[nH]c(cc4nc(cc5nc(cc1[nH]2)C(C)=C5CCC(=O)O)C(CCC(=O)O)=C4C)c(C)c3C=C.[Gd+3]. The van der Waals surface area contributed by atoms with Crippen LogP contribution >= 0.6 is 0 Å². The Bertz CT molecular complexity index is 1920. The fourth-order valence-corrected chi connectivity index (χ4v) is 5.77. The van der Waals surface area contributed by atoms with E-state index < -0.39 is 11.9 Å².